The third-order valence-corrected chi connectivity index (χ3v) is 1.69. The van der Waals surface area contributed by atoms with Crippen LogP contribution in [0.3, 0.4) is 0 Å². The molecule has 0 spiro atoms. The molecule has 66 valence electrons. The van der Waals surface area contributed by atoms with E-state index in [1.54, 1.807) is 26.0 Å². The predicted molar refractivity (Wildman–Crippen MR) is 58.3 cm³/mol. The Kier molecular flexibility index (Phi) is 4.23. The lowest BCUT2D eigenvalue weighted by molar-refractivity contribution is 0.0695. The number of rotatable bonds is 1. The first kappa shape index (κ1) is 11.4. The van der Waals surface area contributed by atoms with Crippen molar-refractivity contribution in [1.82, 2.24) is 0 Å². The number of aryl methyl sites for hydroxylation is 2. The lowest BCUT2D eigenvalue weighted by atomic mass is 10.0. The van der Waals surface area contributed by atoms with Crippen LogP contribution in [0.5, 0.6) is 0 Å². The van der Waals surface area contributed by atoms with Gasteiger partial charge in [0.25, 0.3) is 0 Å². The molecule has 0 radical (unpaired) electrons. The van der Waals surface area contributed by atoms with Crippen LogP contribution in [0.1, 0.15) is 21.5 Å². The highest BCUT2D eigenvalue weighted by Crippen LogP contribution is 2.12. The largest absolute Gasteiger partial charge is 0.478 e. The van der Waals surface area contributed by atoms with Gasteiger partial charge in [-0.05, 0) is 25.0 Å². The second-order valence-corrected chi connectivity index (χ2v) is 2.57. The number of carboxylic acid groups (broad SMARTS) is 1. The fourth-order valence-electron chi connectivity index (χ4n) is 1.15. The Hall–Kier alpha value is -0.580. The molecule has 0 aliphatic heterocycles. The molecule has 0 saturated heterocycles. The number of carboxylic acids is 1. The van der Waals surface area contributed by atoms with Crippen molar-refractivity contribution in [3.05, 3.63) is 34.9 Å². The van der Waals surface area contributed by atoms with Gasteiger partial charge in [-0.25, -0.2) is 4.79 Å². The van der Waals surface area contributed by atoms with Gasteiger partial charge >= 0.3 is 5.97 Å². The van der Waals surface area contributed by atoms with E-state index in [9.17, 15) is 4.79 Å². The second-order valence-electron chi connectivity index (χ2n) is 2.57. The third kappa shape index (κ3) is 2.20. The van der Waals surface area contributed by atoms with Crippen LogP contribution >= 0.6 is 24.0 Å². The minimum Gasteiger partial charge on any atom is -0.478 e. The molecule has 0 aliphatic rings. The Morgan fingerprint density at radius 2 is 1.67 bits per heavy atom. The van der Waals surface area contributed by atoms with Gasteiger partial charge in [-0.1, -0.05) is 18.2 Å². The summed E-state index contributed by atoms with van der Waals surface area (Å²) in [6.45, 7) is 3.60. The van der Waals surface area contributed by atoms with Crippen molar-refractivity contribution in [2.24, 2.45) is 0 Å². The zero-order valence-electron chi connectivity index (χ0n) is 7.00. The zero-order chi connectivity index (χ0) is 8.43. The number of halogens is 1. The highest BCUT2D eigenvalue weighted by Gasteiger charge is 2.08. The standard InChI is InChI=1S/C9H10O2.HI/c1-6-4-3-5-7(2)8(6)9(10)11;/h3-5H,1-2H3,(H,10,11);1H. The number of hydrogen-bond donors (Lipinski definition) is 1. The molecular weight excluding hydrogens is 267 g/mol. The number of benzene rings is 1. The summed E-state index contributed by atoms with van der Waals surface area (Å²) in [5.41, 5.74) is 2.06. The molecule has 3 heteroatoms. The molecule has 0 aromatic heterocycles. The molecule has 0 unspecified atom stereocenters. The maximum atomic E-state index is 10.6. The number of carbonyl (C=O) groups is 1. The minimum absolute atomic E-state index is 0. The number of aromatic carboxylic acids is 1. The summed E-state index contributed by atoms with van der Waals surface area (Å²) in [5, 5.41) is 8.75. The highest BCUT2D eigenvalue weighted by molar-refractivity contribution is 14.0. The van der Waals surface area contributed by atoms with Crippen molar-refractivity contribution < 1.29 is 9.90 Å². The smallest absolute Gasteiger partial charge is 0.336 e. The van der Waals surface area contributed by atoms with Crippen LogP contribution in [0.4, 0.5) is 0 Å². The van der Waals surface area contributed by atoms with Crippen LogP contribution in [0, 0.1) is 13.8 Å². The highest BCUT2D eigenvalue weighted by atomic mass is 127. The van der Waals surface area contributed by atoms with E-state index in [4.69, 9.17) is 5.11 Å². The van der Waals surface area contributed by atoms with Gasteiger partial charge in [-0.2, -0.15) is 0 Å². The van der Waals surface area contributed by atoms with E-state index < -0.39 is 5.97 Å². The molecule has 2 nitrogen and oxygen atoms in total. The van der Waals surface area contributed by atoms with Gasteiger partial charge in [0.1, 0.15) is 0 Å². The fraction of sp³-hybridized carbons (Fsp3) is 0.222. The molecule has 0 aliphatic carbocycles. The Labute approximate surface area is 88.6 Å². The van der Waals surface area contributed by atoms with Crippen molar-refractivity contribution in [3.8, 4) is 0 Å². The summed E-state index contributed by atoms with van der Waals surface area (Å²) in [6.07, 6.45) is 0. The molecule has 0 saturated carbocycles. The molecule has 1 rings (SSSR count). The van der Waals surface area contributed by atoms with E-state index in [2.05, 4.69) is 0 Å². The quantitative estimate of drug-likeness (QED) is 0.802. The first-order valence-corrected chi connectivity index (χ1v) is 3.42. The lowest BCUT2D eigenvalue weighted by Gasteiger charge is -2.02. The van der Waals surface area contributed by atoms with Gasteiger partial charge in [-0.3, -0.25) is 0 Å². The molecule has 1 aromatic rings. The Balaban J connectivity index is 0.00000121. The van der Waals surface area contributed by atoms with Crippen LogP contribution < -0.4 is 0 Å². The van der Waals surface area contributed by atoms with Crippen LogP contribution in [0.25, 0.3) is 0 Å². The molecule has 1 N–H and O–H groups in total. The molecule has 12 heavy (non-hydrogen) atoms. The fourth-order valence-corrected chi connectivity index (χ4v) is 1.15. The maximum absolute atomic E-state index is 10.6. The monoisotopic (exact) mass is 278 g/mol. The SMILES string of the molecule is Cc1cccc(C)c1C(=O)O.I. The normalized spacial score (nSPS) is 8.83. The van der Waals surface area contributed by atoms with E-state index >= 15 is 0 Å². The van der Waals surface area contributed by atoms with Gasteiger partial charge in [0.15, 0.2) is 0 Å². The van der Waals surface area contributed by atoms with E-state index in [1.165, 1.54) is 0 Å². The van der Waals surface area contributed by atoms with Gasteiger partial charge in [0.2, 0.25) is 0 Å². The van der Waals surface area contributed by atoms with Crippen molar-refractivity contribution in [1.29, 1.82) is 0 Å². The van der Waals surface area contributed by atoms with Gasteiger partial charge in [0, 0.05) is 0 Å². The topological polar surface area (TPSA) is 37.3 Å². The van der Waals surface area contributed by atoms with Gasteiger partial charge in [0.05, 0.1) is 5.56 Å². The zero-order valence-corrected chi connectivity index (χ0v) is 9.33. The average Bonchev–Trinajstić information content (AvgIpc) is 1.85. The molecule has 0 atom stereocenters. The molecular formula is C9H11IO2. The van der Waals surface area contributed by atoms with Crippen molar-refractivity contribution in [2.45, 2.75) is 13.8 Å². The molecule has 0 heterocycles. The maximum Gasteiger partial charge on any atom is 0.336 e. The Morgan fingerprint density at radius 3 is 1.92 bits per heavy atom. The van der Waals surface area contributed by atoms with Crippen LogP contribution in [-0.2, 0) is 0 Å². The number of hydrogen-bond acceptors (Lipinski definition) is 1. The second kappa shape index (κ2) is 4.45. The van der Waals surface area contributed by atoms with Gasteiger partial charge < -0.3 is 5.11 Å². The average molecular weight is 278 g/mol. The van der Waals surface area contributed by atoms with Crippen molar-refractivity contribution >= 4 is 29.9 Å². The van der Waals surface area contributed by atoms with E-state index in [-0.39, 0.29) is 24.0 Å². The summed E-state index contributed by atoms with van der Waals surface area (Å²) in [4.78, 5) is 10.6. The summed E-state index contributed by atoms with van der Waals surface area (Å²) < 4.78 is 0. The van der Waals surface area contributed by atoms with Crippen LogP contribution in [0.15, 0.2) is 18.2 Å². The third-order valence-electron chi connectivity index (χ3n) is 1.69. The van der Waals surface area contributed by atoms with Crippen LogP contribution in [0.2, 0.25) is 0 Å². The van der Waals surface area contributed by atoms with Crippen LogP contribution in [-0.4, -0.2) is 11.1 Å². The first-order chi connectivity index (χ1) is 5.13. The molecule has 1 aromatic carbocycles. The summed E-state index contributed by atoms with van der Waals surface area (Å²) >= 11 is 0. The van der Waals surface area contributed by atoms with E-state index in [1.807, 2.05) is 6.07 Å². The summed E-state index contributed by atoms with van der Waals surface area (Å²) in [5.74, 6) is -0.847. The van der Waals surface area contributed by atoms with E-state index in [0.717, 1.165) is 11.1 Å². The first-order valence-electron chi connectivity index (χ1n) is 3.42. The molecule has 0 bridgehead atoms. The Morgan fingerprint density at radius 1 is 1.25 bits per heavy atom. The summed E-state index contributed by atoms with van der Waals surface area (Å²) in [6, 6.07) is 5.46. The molecule has 0 amide bonds. The molecule has 0 fully saturated rings. The minimum atomic E-state index is -0.847. The summed E-state index contributed by atoms with van der Waals surface area (Å²) in [7, 11) is 0. The Bertz CT molecular complexity index is 274. The predicted octanol–water partition coefficient (Wildman–Crippen LogP) is 2.62. The van der Waals surface area contributed by atoms with E-state index in [0.29, 0.717) is 5.56 Å². The van der Waals surface area contributed by atoms with Gasteiger partial charge in [-0.15, -0.1) is 24.0 Å². The lowest BCUT2D eigenvalue weighted by Crippen LogP contribution is -2.01. The van der Waals surface area contributed by atoms with Crippen molar-refractivity contribution in [2.75, 3.05) is 0 Å². The van der Waals surface area contributed by atoms with Crippen molar-refractivity contribution in [3.63, 3.8) is 0 Å².